The van der Waals surface area contributed by atoms with Crippen molar-refractivity contribution in [1.29, 1.82) is 0 Å². The topological polar surface area (TPSA) is 31.4 Å². The molecule has 0 aliphatic carbocycles. The normalized spacial score (nSPS) is 18.1. The van der Waals surface area contributed by atoms with E-state index in [9.17, 15) is 0 Å². The molecule has 197 valence electrons. The van der Waals surface area contributed by atoms with Gasteiger partial charge in [0.1, 0.15) is 0 Å². The van der Waals surface area contributed by atoms with Gasteiger partial charge in [0.05, 0.1) is 9.52 Å². The Hall–Kier alpha value is -0.906. The summed E-state index contributed by atoms with van der Waals surface area (Å²) in [5.41, 5.74) is 2.93. The molecule has 2 saturated heterocycles. The molecule has 0 saturated carbocycles. The second-order valence-corrected chi connectivity index (χ2v) is 13.4. The largest absolute Gasteiger partial charge is 0.397 e. The van der Waals surface area contributed by atoms with Gasteiger partial charge in [0.25, 0.3) is 0 Å². The summed E-state index contributed by atoms with van der Waals surface area (Å²) < 4.78 is 11.1. The first-order chi connectivity index (χ1) is 17.1. The van der Waals surface area contributed by atoms with Gasteiger partial charge in [-0.25, -0.2) is 0 Å². The molecular formula is C27H49N4O2Si2. The summed E-state index contributed by atoms with van der Waals surface area (Å²) in [6.45, 7) is 12.1. The maximum Gasteiger partial charge on any atom is 0.384 e. The Morgan fingerprint density at radius 2 is 1.40 bits per heavy atom. The van der Waals surface area contributed by atoms with Gasteiger partial charge in [-0.05, 0) is 44.4 Å². The van der Waals surface area contributed by atoms with E-state index in [0.717, 1.165) is 61.4 Å². The first kappa shape index (κ1) is 28.7. The van der Waals surface area contributed by atoms with Crippen LogP contribution < -0.4 is 15.0 Å². The first-order valence-corrected chi connectivity index (χ1v) is 16.6. The lowest BCUT2D eigenvalue weighted by Crippen LogP contribution is -2.47. The van der Waals surface area contributed by atoms with Crippen molar-refractivity contribution in [1.82, 2.24) is 9.80 Å². The summed E-state index contributed by atoms with van der Waals surface area (Å²) in [7, 11) is 6.19. The fourth-order valence-electron chi connectivity index (χ4n) is 4.96. The third-order valence-electron chi connectivity index (χ3n) is 7.35. The lowest BCUT2D eigenvalue weighted by Gasteiger charge is -2.37. The van der Waals surface area contributed by atoms with Crippen molar-refractivity contribution in [3.05, 3.63) is 18.2 Å². The average molecular weight is 518 g/mol. The molecule has 1 aromatic rings. The van der Waals surface area contributed by atoms with E-state index in [1.807, 2.05) is 0 Å². The average Bonchev–Trinajstić information content (AvgIpc) is 2.88. The van der Waals surface area contributed by atoms with Gasteiger partial charge in [0.15, 0.2) is 0 Å². The molecule has 0 atom stereocenters. The summed E-state index contributed by atoms with van der Waals surface area (Å²) in [5, 5.41) is 1.58. The van der Waals surface area contributed by atoms with E-state index in [1.54, 1.807) is 12.3 Å². The van der Waals surface area contributed by atoms with E-state index < -0.39 is 9.28 Å². The quantitative estimate of drug-likeness (QED) is 0.262. The first-order valence-electron chi connectivity index (χ1n) is 13.9. The number of hydrogen-bond acceptors (Lipinski definition) is 6. The van der Waals surface area contributed by atoms with Gasteiger partial charge in [0.2, 0.25) is 0 Å². The van der Waals surface area contributed by atoms with Gasteiger partial charge in [-0.15, -0.1) is 0 Å². The van der Waals surface area contributed by atoms with Crippen LogP contribution in [0.25, 0.3) is 0 Å². The van der Waals surface area contributed by atoms with Gasteiger partial charge in [-0.2, -0.15) is 0 Å². The molecule has 3 rings (SSSR count). The zero-order valence-electron chi connectivity index (χ0n) is 22.9. The molecule has 0 spiro atoms. The molecule has 2 aliphatic rings. The fourth-order valence-corrected chi connectivity index (χ4v) is 7.59. The zero-order valence-corrected chi connectivity index (χ0v) is 24.9. The smallest absolute Gasteiger partial charge is 0.384 e. The highest BCUT2D eigenvalue weighted by atomic mass is 28.3. The molecule has 0 N–H and O–H groups in total. The van der Waals surface area contributed by atoms with Crippen LogP contribution in [0.4, 0.5) is 11.4 Å². The number of hydrogen-bond donors (Lipinski definition) is 0. The fraction of sp³-hybridized carbons (Fsp3) is 0.778. The Bertz CT molecular complexity index is 710. The van der Waals surface area contributed by atoms with Gasteiger partial charge in [-0.1, -0.05) is 50.6 Å². The van der Waals surface area contributed by atoms with Crippen molar-refractivity contribution in [3.8, 4) is 0 Å². The molecule has 1 aromatic carbocycles. The van der Waals surface area contributed by atoms with E-state index in [1.165, 1.54) is 69.0 Å². The van der Waals surface area contributed by atoms with Crippen molar-refractivity contribution in [2.75, 3.05) is 90.0 Å². The number of nitrogens with zero attached hydrogens (tertiary/aromatic N) is 4. The molecule has 0 bridgehead atoms. The molecular weight excluding hydrogens is 468 g/mol. The van der Waals surface area contributed by atoms with Crippen LogP contribution in [0.5, 0.6) is 0 Å². The molecule has 0 amide bonds. The molecule has 6 nitrogen and oxygen atoms in total. The molecule has 3 radical (unpaired) electrons. The van der Waals surface area contributed by atoms with Crippen LogP contribution in [0.1, 0.15) is 45.4 Å². The molecule has 2 heterocycles. The van der Waals surface area contributed by atoms with Crippen LogP contribution in [0.2, 0.25) is 12.1 Å². The van der Waals surface area contributed by atoms with E-state index in [2.05, 4.69) is 58.8 Å². The second kappa shape index (κ2) is 16.0. The van der Waals surface area contributed by atoms with Crippen molar-refractivity contribution >= 4 is 35.4 Å². The minimum Gasteiger partial charge on any atom is -0.397 e. The van der Waals surface area contributed by atoms with Crippen LogP contribution in [0, 0.1) is 0 Å². The molecule has 2 fully saturated rings. The number of unbranched alkanes of at least 4 members (excludes halogenated alkanes) is 5. The molecule has 0 aromatic heterocycles. The van der Waals surface area contributed by atoms with E-state index in [4.69, 9.17) is 8.85 Å². The predicted molar refractivity (Wildman–Crippen MR) is 153 cm³/mol. The summed E-state index contributed by atoms with van der Waals surface area (Å²) >= 11 is 0. The Balaban J connectivity index is 1.44. The van der Waals surface area contributed by atoms with Gasteiger partial charge in [-0.3, -0.25) is 0 Å². The minimum atomic E-state index is -1.01. The predicted octanol–water partition coefficient (Wildman–Crippen LogP) is 3.45. The Morgan fingerprint density at radius 3 is 2.03 bits per heavy atom. The minimum absolute atomic E-state index is 0.776. The summed E-state index contributed by atoms with van der Waals surface area (Å²) in [4.78, 5) is 10.1. The van der Waals surface area contributed by atoms with E-state index >= 15 is 0 Å². The van der Waals surface area contributed by atoms with Crippen LogP contribution in [-0.4, -0.2) is 109 Å². The van der Waals surface area contributed by atoms with E-state index in [-0.39, 0.29) is 0 Å². The molecule has 0 unspecified atom stereocenters. The summed E-state index contributed by atoms with van der Waals surface area (Å²) in [5.74, 6) is 0. The van der Waals surface area contributed by atoms with Gasteiger partial charge >= 0.3 is 9.28 Å². The Labute approximate surface area is 219 Å². The van der Waals surface area contributed by atoms with Crippen LogP contribution >= 0.6 is 0 Å². The highest BCUT2D eigenvalue weighted by Gasteiger charge is 2.20. The monoisotopic (exact) mass is 517 g/mol. The summed E-state index contributed by atoms with van der Waals surface area (Å²) in [6.07, 6.45) is 7.99. The zero-order chi connectivity index (χ0) is 24.9. The van der Waals surface area contributed by atoms with Crippen LogP contribution in [0.3, 0.4) is 0 Å². The Morgan fingerprint density at radius 1 is 0.800 bits per heavy atom. The molecule has 35 heavy (non-hydrogen) atoms. The number of piperazine rings is 2. The van der Waals surface area contributed by atoms with Gasteiger partial charge in [0, 0.05) is 77.4 Å². The van der Waals surface area contributed by atoms with Crippen LogP contribution in [0.15, 0.2) is 18.2 Å². The maximum atomic E-state index is 5.67. The van der Waals surface area contributed by atoms with E-state index in [0.29, 0.717) is 0 Å². The third-order valence-corrected chi connectivity index (χ3v) is 10.6. The van der Waals surface area contributed by atoms with Gasteiger partial charge < -0.3 is 28.5 Å². The highest BCUT2D eigenvalue weighted by molar-refractivity contribution is 6.55. The number of anilines is 2. The van der Waals surface area contributed by atoms with Crippen molar-refractivity contribution in [2.24, 2.45) is 0 Å². The lowest BCUT2D eigenvalue weighted by molar-refractivity contribution is 0.239. The summed E-state index contributed by atoms with van der Waals surface area (Å²) in [6, 6.07) is 9.81. The molecule has 2 aliphatic heterocycles. The van der Waals surface area contributed by atoms with Crippen molar-refractivity contribution in [2.45, 2.75) is 57.5 Å². The number of benzene rings is 1. The number of rotatable bonds is 15. The van der Waals surface area contributed by atoms with Crippen molar-refractivity contribution < 1.29 is 8.85 Å². The maximum absolute atomic E-state index is 5.67. The SMILES string of the molecule is CCO[Si](CCCCCCCC[Si]c1ccc(N2CCN(C)CC2)cc1N1CCN(C)CC1)OC. The van der Waals surface area contributed by atoms with Crippen LogP contribution in [-0.2, 0) is 8.85 Å². The number of likely N-dealkylation sites (N-methyl/N-ethyl adjacent to an activating group) is 2. The molecule has 8 heteroatoms. The third kappa shape index (κ3) is 9.82. The standard InChI is InChI=1S/C27H49N4O2Si2/c1-5-33-35(32-4)23-11-9-7-6-8-10-22-34-27-13-12-25(30-18-14-28(2)15-19-30)24-26(27)31-20-16-29(3)17-21-31/h12-13,24H,5-11,14-23H2,1-4H3. The van der Waals surface area contributed by atoms with Crippen molar-refractivity contribution in [3.63, 3.8) is 0 Å². The lowest BCUT2D eigenvalue weighted by atomic mass is 10.1. The Kier molecular flexibility index (Phi) is 13.1. The highest BCUT2D eigenvalue weighted by Crippen LogP contribution is 2.23. The second-order valence-electron chi connectivity index (χ2n) is 10.1.